The Morgan fingerprint density at radius 2 is 1.90 bits per heavy atom. The van der Waals surface area contributed by atoms with Gasteiger partial charge in [-0.1, -0.05) is 23.7 Å². The van der Waals surface area contributed by atoms with E-state index < -0.39 is 0 Å². The molecular weight excluding hydrogens is 345 g/mol. The number of rotatable bonds is 3. The van der Waals surface area contributed by atoms with Gasteiger partial charge in [0.15, 0.2) is 0 Å². The Bertz CT molecular complexity index is 630. The normalized spacial score (nSPS) is 12.0. The summed E-state index contributed by atoms with van der Waals surface area (Å²) in [7, 11) is 0. The molecule has 0 aliphatic heterocycles. The first-order valence-corrected chi connectivity index (χ1v) is 7.16. The minimum atomic E-state index is -0.390. The summed E-state index contributed by atoms with van der Waals surface area (Å²) < 4.78 is 13.4. The minimum Gasteiger partial charge on any atom is -0.345 e. The fourth-order valence-electron chi connectivity index (χ4n) is 1.78. The van der Waals surface area contributed by atoms with Crippen LogP contribution in [0, 0.1) is 5.82 Å². The summed E-state index contributed by atoms with van der Waals surface area (Å²) >= 11 is 9.01. The number of hydrogen-bond donors (Lipinski definition) is 1. The maximum atomic E-state index is 13.0. The zero-order valence-corrected chi connectivity index (χ0v) is 13.0. The second kappa shape index (κ2) is 6.37. The van der Waals surface area contributed by atoms with Gasteiger partial charge < -0.3 is 5.32 Å². The van der Waals surface area contributed by atoms with Crippen LogP contribution in [-0.4, -0.2) is 5.91 Å². The molecule has 2 aromatic rings. The van der Waals surface area contributed by atoms with Gasteiger partial charge in [0, 0.05) is 9.50 Å². The van der Waals surface area contributed by atoms with Gasteiger partial charge in [0.1, 0.15) is 5.82 Å². The van der Waals surface area contributed by atoms with Crippen molar-refractivity contribution in [3.63, 3.8) is 0 Å². The van der Waals surface area contributed by atoms with E-state index in [-0.39, 0.29) is 17.8 Å². The lowest BCUT2D eigenvalue weighted by Gasteiger charge is -2.15. The van der Waals surface area contributed by atoms with Crippen LogP contribution >= 0.6 is 27.5 Å². The van der Waals surface area contributed by atoms with Gasteiger partial charge in [-0.15, -0.1) is 0 Å². The third-order valence-corrected chi connectivity index (χ3v) is 3.80. The zero-order valence-electron chi connectivity index (χ0n) is 10.7. The quantitative estimate of drug-likeness (QED) is 0.846. The lowest BCUT2D eigenvalue weighted by Crippen LogP contribution is -2.26. The molecule has 0 fully saturated rings. The maximum Gasteiger partial charge on any atom is 0.252 e. The molecule has 2 rings (SSSR count). The van der Waals surface area contributed by atoms with Gasteiger partial charge >= 0.3 is 0 Å². The van der Waals surface area contributed by atoms with Crippen molar-refractivity contribution in [1.29, 1.82) is 0 Å². The summed E-state index contributed by atoms with van der Waals surface area (Å²) in [6, 6.07) is 11.1. The van der Waals surface area contributed by atoms with Gasteiger partial charge in [-0.3, -0.25) is 4.79 Å². The molecule has 2 nitrogen and oxygen atoms in total. The molecule has 0 radical (unpaired) electrons. The molecule has 0 aliphatic rings. The number of nitrogens with one attached hydrogen (secondary N) is 1. The topological polar surface area (TPSA) is 29.1 Å². The molecule has 0 spiro atoms. The summed E-state index contributed by atoms with van der Waals surface area (Å²) in [5.41, 5.74) is 1.34. The van der Waals surface area contributed by atoms with Crippen LogP contribution in [0.25, 0.3) is 0 Å². The van der Waals surface area contributed by atoms with Crippen LogP contribution in [0.15, 0.2) is 46.9 Å². The highest BCUT2D eigenvalue weighted by Gasteiger charge is 2.14. The van der Waals surface area contributed by atoms with Crippen LogP contribution in [0.3, 0.4) is 0 Å². The number of amides is 1. The van der Waals surface area contributed by atoms with E-state index in [0.29, 0.717) is 15.1 Å². The Labute approximate surface area is 130 Å². The van der Waals surface area contributed by atoms with Crippen molar-refractivity contribution in [2.45, 2.75) is 13.0 Å². The van der Waals surface area contributed by atoms with Gasteiger partial charge in [0.2, 0.25) is 0 Å². The third-order valence-electron chi connectivity index (χ3n) is 2.89. The van der Waals surface area contributed by atoms with Crippen LogP contribution in [0.1, 0.15) is 28.9 Å². The molecule has 1 atom stereocenters. The van der Waals surface area contributed by atoms with Gasteiger partial charge in [0.05, 0.1) is 11.6 Å². The average molecular weight is 357 g/mol. The fourth-order valence-corrected chi connectivity index (χ4v) is 2.44. The van der Waals surface area contributed by atoms with E-state index >= 15 is 0 Å². The van der Waals surface area contributed by atoms with Gasteiger partial charge in [-0.2, -0.15) is 0 Å². The number of carbonyl (C=O) groups excluding carboxylic acids is 1. The highest BCUT2D eigenvalue weighted by Crippen LogP contribution is 2.20. The predicted molar refractivity (Wildman–Crippen MR) is 81.4 cm³/mol. The lowest BCUT2D eigenvalue weighted by molar-refractivity contribution is 0.0939. The summed E-state index contributed by atoms with van der Waals surface area (Å²) in [4.78, 5) is 12.1. The predicted octanol–water partition coefficient (Wildman–Crippen LogP) is 4.73. The van der Waals surface area contributed by atoms with Crippen molar-refractivity contribution >= 4 is 33.4 Å². The third kappa shape index (κ3) is 3.58. The fraction of sp³-hybridized carbons (Fsp3) is 0.133. The highest BCUT2D eigenvalue weighted by atomic mass is 79.9. The standard InChI is InChI=1S/C15H12BrClFNO/c1-9(10-2-4-11(17)5-3-10)19-15(20)13-7-6-12(18)8-14(13)16/h2-9H,1H3,(H,19,20). The first-order valence-electron chi connectivity index (χ1n) is 5.99. The van der Waals surface area contributed by atoms with Gasteiger partial charge in [-0.25, -0.2) is 4.39 Å². The van der Waals surface area contributed by atoms with Crippen molar-refractivity contribution in [2.75, 3.05) is 0 Å². The Morgan fingerprint density at radius 3 is 2.50 bits per heavy atom. The van der Waals surface area contributed by atoms with Gasteiger partial charge in [0.25, 0.3) is 5.91 Å². The van der Waals surface area contributed by atoms with Crippen LogP contribution < -0.4 is 5.32 Å². The molecule has 20 heavy (non-hydrogen) atoms. The lowest BCUT2D eigenvalue weighted by atomic mass is 10.1. The zero-order chi connectivity index (χ0) is 14.7. The molecule has 5 heteroatoms. The van der Waals surface area contributed by atoms with E-state index in [2.05, 4.69) is 21.2 Å². The monoisotopic (exact) mass is 355 g/mol. The molecule has 104 valence electrons. The van der Waals surface area contributed by atoms with Crippen LogP contribution in [0.5, 0.6) is 0 Å². The van der Waals surface area contributed by atoms with Gasteiger partial charge in [-0.05, 0) is 58.7 Å². The van der Waals surface area contributed by atoms with E-state index in [1.165, 1.54) is 18.2 Å². The Hall–Kier alpha value is -1.39. The molecule has 0 heterocycles. The van der Waals surface area contributed by atoms with Crippen molar-refractivity contribution in [2.24, 2.45) is 0 Å². The van der Waals surface area contributed by atoms with E-state index in [9.17, 15) is 9.18 Å². The summed E-state index contributed by atoms with van der Waals surface area (Å²) in [5, 5.41) is 3.50. The summed E-state index contributed by atoms with van der Waals surface area (Å²) in [5.74, 6) is -0.654. The number of benzene rings is 2. The molecule has 0 saturated carbocycles. The number of hydrogen-bond acceptors (Lipinski definition) is 1. The Morgan fingerprint density at radius 1 is 1.25 bits per heavy atom. The molecule has 1 amide bonds. The molecule has 1 N–H and O–H groups in total. The average Bonchev–Trinajstić information content (AvgIpc) is 2.39. The number of halogens is 3. The molecule has 0 aliphatic carbocycles. The maximum absolute atomic E-state index is 13.0. The van der Waals surface area contributed by atoms with Crippen molar-refractivity contribution in [3.8, 4) is 0 Å². The molecule has 0 bridgehead atoms. The number of carbonyl (C=O) groups is 1. The van der Waals surface area contributed by atoms with E-state index in [4.69, 9.17) is 11.6 Å². The second-order valence-corrected chi connectivity index (χ2v) is 5.66. The smallest absolute Gasteiger partial charge is 0.252 e. The summed E-state index contributed by atoms with van der Waals surface area (Å²) in [6.07, 6.45) is 0. The SMILES string of the molecule is CC(NC(=O)c1ccc(F)cc1Br)c1ccc(Cl)cc1. The second-order valence-electron chi connectivity index (χ2n) is 4.37. The van der Waals surface area contributed by atoms with Crippen LogP contribution in [0.4, 0.5) is 4.39 Å². The molecule has 0 aromatic heterocycles. The first kappa shape index (κ1) is 15.0. The molecule has 0 saturated heterocycles. The molecule has 2 aromatic carbocycles. The van der Waals surface area contributed by atoms with E-state index in [0.717, 1.165) is 5.56 Å². The van der Waals surface area contributed by atoms with Crippen LogP contribution in [-0.2, 0) is 0 Å². The Balaban J connectivity index is 2.13. The van der Waals surface area contributed by atoms with E-state index in [1.807, 2.05) is 19.1 Å². The van der Waals surface area contributed by atoms with Crippen molar-refractivity contribution < 1.29 is 9.18 Å². The minimum absolute atomic E-state index is 0.170. The highest BCUT2D eigenvalue weighted by molar-refractivity contribution is 9.10. The largest absolute Gasteiger partial charge is 0.345 e. The van der Waals surface area contributed by atoms with E-state index in [1.54, 1.807) is 12.1 Å². The molecule has 1 unspecified atom stereocenters. The van der Waals surface area contributed by atoms with Crippen molar-refractivity contribution in [1.82, 2.24) is 5.32 Å². The molecular formula is C15H12BrClFNO. The first-order chi connectivity index (χ1) is 9.47. The van der Waals surface area contributed by atoms with Crippen molar-refractivity contribution in [3.05, 3.63) is 68.9 Å². The Kier molecular flexibility index (Phi) is 4.78. The summed E-state index contributed by atoms with van der Waals surface area (Å²) in [6.45, 7) is 1.87. The van der Waals surface area contributed by atoms with Crippen LogP contribution in [0.2, 0.25) is 5.02 Å².